The first kappa shape index (κ1) is 12.0. The molecule has 1 fully saturated rings. The Morgan fingerprint density at radius 2 is 2.18 bits per heavy atom. The predicted octanol–water partition coefficient (Wildman–Crippen LogP) is -1.90. The van der Waals surface area contributed by atoms with Crippen molar-refractivity contribution < 1.29 is 15.3 Å². The van der Waals surface area contributed by atoms with E-state index in [2.05, 4.69) is 4.98 Å². The summed E-state index contributed by atoms with van der Waals surface area (Å²) in [6, 6.07) is 0.870. The molecule has 0 saturated heterocycles. The monoisotopic (exact) mass is 241 g/mol. The molecule has 17 heavy (non-hydrogen) atoms. The summed E-state index contributed by atoms with van der Waals surface area (Å²) in [5, 5.41) is 28.5. The Labute approximate surface area is 97.1 Å². The fourth-order valence-electron chi connectivity index (χ4n) is 2.23. The van der Waals surface area contributed by atoms with Gasteiger partial charge in [-0.1, -0.05) is 0 Å². The van der Waals surface area contributed by atoms with Crippen molar-refractivity contribution >= 4 is 5.82 Å². The Bertz CT molecular complexity index is 461. The van der Waals surface area contributed by atoms with Crippen LogP contribution in [0.5, 0.6) is 0 Å². The van der Waals surface area contributed by atoms with E-state index in [9.17, 15) is 15.0 Å². The number of aliphatic hydroxyl groups excluding tert-OH is 3. The third-order valence-corrected chi connectivity index (χ3v) is 3.21. The number of hydrogen-bond acceptors (Lipinski definition) is 6. The molecular formula is C10H15N3O4. The molecule has 1 aliphatic carbocycles. The largest absolute Gasteiger partial charge is 0.396 e. The maximum atomic E-state index is 11.6. The lowest BCUT2D eigenvalue weighted by Crippen LogP contribution is -2.35. The second-order valence-corrected chi connectivity index (χ2v) is 4.27. The minimum Gasteiger partial charge on any atom is -0.396 e. The molecule has 94 valence electrons. The summed E-state index contributed by atoms with van der Waals surface area (Å²) in [6.45, 7) is -0.230. The van der Waals surface area contributed by atoms with E-state index in [1.54, 1.807) is 0 Å². The number of nitrogen functional groups attached to an aromatic ring is 1. The Morgan fingerprint density at radius 1 is 1.47 bits per heavy atom. The topological polar surface area (TPSA) is 122 Å². The molecule has 1 heterocycles. The SMILES string of the molecule is Nc1ccn([C@H]2C[C@@H](CO)[C@@H](O)C2O)c(=O)n1. The number of hydrogen-bond donors (Lipinski definition) is 4. The van der Waals surface area contributed by atoms with Crippen LogP contribution in [0.15, 0.2) is 17.1 Å². The lowest BCUT2D eigenvalue weighted by molar-refractivity contribution is -0.00453. The van der Waals surface area contributed by atoms with Crippen molar-refractivity contribution in [3.63, 3.8) is 0 Å². The van der Waals surface area contributed by atoms with Crippen LogP contribution in [-0.4, -0.2) is 43.7 Å². The van der Waals surface area contributed by atoms with E-state index >= 15 is 0 Å². The van der Waals surface area contributed by atoms with E-state index in [1.165, 1.54) is 16.8 Å². The second-order valence-electron chi connectivity index (χ2n) is 4.27. The Morgan fingerprint density at radius 3 is 2.71 bits per heavy atom. The number of nitrogens with zero attached hydrogens (tertiary/aromatic N) is 2. The Balaban J connectivity index is 2.32. The fraction of sp³-hybridized carbons (Fsp3) is 0.600. The summed E-state index contributed by atoms with van der Waals surface area (Å²) in [5.74, 6) is -0.322. The van der Waals surface area contributed by atoms with Crippen molar-refractivity contribution in [1.29, 1.82) is 0 Å². The lowest BCUT2D eigenvalue weighted by atomic mass is 10.1. The van der Waals surface area contributed by atoms with Gasteiger partial charge in [0.15, 0.2) is 0 Å². The zero-order chi connectivity index (χ0) is 12.6. The number of rotatable bonds is 2. The van der Waals surface area contributed by atoms with Gasteiger partial charge in [0.05, 0.1) is 12.1 Å². The average molecular weight is 241 g/mol. The Kier molecular flexibility index (Phi) is 3.14. The van der Waals surface area contributed by atoms with Crippen LogP contribution in [-0.2, 0) is 0 Å². The van der Waals surface area contributed by atoms with Crippen molar-refractivity contribution in [1.82, 2.24) is 9.55 Å². The molecule has 0 aliphatic heterocycles. The molecule has 1 aromatic rings. The van der Waals surface area contributed by atoms with Gasteiger partial charge in [-0.25, -0.2) is 4.79 Å². The lowest BCUT2D eigenvalue weighted by Gasteiger charge is -2.18. The van der Waals surface area contributed by atoms with E-state index in [1.807, 2.05) is 0 Å². The molecule has 0 aromatic carbocycles. The first-order chi connectivity index (χ1) is 8.04. The summed E-state index contributed by atoms with van der Waals surface area (Å²) < 4.78 is 1.24. The van der Waals surface area contributed by atoms with Gasteiger partial charge < -0.3 is 21.1 Å². The van der Waals surface area contributed by atoms with E-state index in [0.29, 0.717) is 6.42 Å². The molecule has 1 aromatic heterocycles. The smallest absolute Gasteiger partial charge is 0.349 e. The predicted molar refractivity (Wildman–Crippen MR) is 59.2 cm³/mol. The van der Waals surface area contributed by atoms with Crippen LogP contribution in [0.4, 0.5) is 5.82 Å². The molecule has 0 radical (unpaired) electrons. The van der Waals surface area contributed by atoms with Gasteiger partial charge in [0.25, 0.3) is 0 Å². The van der Waals surface area contributed by atoms with Crippen molar-refractivity contribution in [2.24, 2.45) is 5.92 Å². The molecule has 2 rings (SSSR count). The molecular weight excluding hydrogens is 226 g/mol. The highest BCUT2D eigenvalue weighted by atomic mass is 16.3. The van der Waals surface area contributed by atoms with Gasteiger partial charge >= 0.3 is 5.69 Å². The molecule has 1 saturated carbocycles. The first-order valence-electron chi connectivity index (χ1n) is 5.36. The molecule has 7 nitrogen and oxygen atoms in total. The molecule has 5 N–H and O–H groups in total. The van der Waals surface area contributed by atoms with Crippen LogP contribution >= 0.6 is 0 Å². The van der Waals surface area contributed by atoms with Crippen molar-refractivity contribution in [3.8, 4) is 0 Å². The highest BCUT2D eigenvalue weighted by Gasteiger charge is 2.42. The molecule has 4 atom stereocenters. The summed E-state index contributed by atoms with van der Waals surface area (Å²) in [6.07, 6.45) is -0.361. The van der Waals surface area contributed by atoms with Crippen LogP contribution in [0, 0.1) is 5.92 Å². The zero-order valence-corrected chi connectivity index (χ0v) is 9.10. The molecule has 1 aliphatic rings. The van der Waals surface area contributed by atoms with E-state index in [4.69, 9.17) is 10.8 Å². The van der Waals surface area contributed by atoms with Crippen molar-refractivity contribution in [2.75, 3.05) is 12.3 Å². The van der Waals surface area contributed by atoms with Gasteiger partial charge in [-0.3, -0.25) is 4.57 Å². The van der Waals surface area contributed by atoms with E-state index in [0.717, 1.165) is 0 Å². The molecule has 0 amide bonds. The molecule has 0 spiro atoms. The normalized spacial score (nSPS) is 32.9. The van der Waals surface area contributed by atoms with Crippen LogP contribution in [0.1, 0.15) is 12.5 Å². The number of aromatic nitrogens is 2. The molecule has 0 bridgehead atoms. The summed E-state index contributed by atoms with van der Waals surface area (Å²) in [5.41, 5.74) is 4.80. The molecule has 7 heteroatoms. The number of aliphatic hydroxyl groups is 3. The van der Waals surface area contributed by atoms with Gasteiger partial charge in [-0.15, -0.1) is 0 Å². The third-order valence-electron chi connectivity index (χ3n) is 3.21. The van der Waals surface area contributed by atoms with Gasteiger partial charge in [0, 0.05) is 18.7 Å². The Hall–Kier alpha value is -1.44. The fourth-order valence-corrected chi connectivity index (χ4v) is 2.23. The standard InChI is InChI=1S/C10H15N3O4/c11-7-1-2-13(10(17)12-7)6-3-5(4-14)8(15)9(6)16/h1-2,5-6,8-9,14-16H,3-4H2,(H2,11,12,17)/t5-,6-,8+,9?/m0/s1. The van der Waals surface area contributed by atoms with E-state index in [-0.39, 0.29) is 12.4 Å². The second kappa shape index (κ2) is 4.44. The molecule has 1 unspecified atom stereocenters. The van der Waals surface area contributed by atoms with Gasteiger partial charge in [0.1, 0.15) is 11.9 Å². The van der Waals surface area contributed by atoms with Crippen molar-refractivity contribution in [3.05, 3.63) is 22.7 Å². The van der Waals surface area contributed by atoms with Crippen LogP contribution in [0.25, 0.3) is 0 Å². The first-order valence-corrected chi connectivity index (χ1v) is 5.36. The van der Waals surface area contributed by atoms with Crippen LogP contribution < -0.4 is 11.4 Å². The van der Waals surface area contributed by atoms with Crippen LogP contribution in [0.2, 0.25) is 0 Å². The van der Waals surface area contributed by atoms with Gasteiger partial charge in [-0.05, 0) is 12.5 Å². The van der Waals surface area contributed by atoms with E-state index < -0.39 is 29.9 Å². The average Bonchev–Trinajstić information content (AvgIpc) is 2.57. The van der Waals surface area contributed by atoms with Gasteiger partial charge in [-0.2, -0.15) is 4.98 Å². The van der Waals surface area contributed by atoms with Gasteiger partial charge in [0.2, 0.25) is 0 Å². The highest BCUT2D eigenvalue weighted by Crippen LogP contribution is 2.34. The summed E-state index contributed by atoms with van der Waals surface area (Å²) in [7, 11) is 0. The maximum Gasteiger partial charge on any atom is 0.349 e. The zero-order valence-electron chi connectivity index (χ0n) is 9.10. The summed E-state index contributed by atoms with van der Waals surface area (Å²) >= 11 is 0. The van der Waals surface area contributed by atoms with Crippen molar-refractivity contribution in [2.45, 2.75) is 24.7 Å². The summed E-state index contributed by atoms with van der Waals surface area (Å²) in [4.78, 5) is 15.1. The third kappa shape index (κ3) is 2.04. The van der Waals surface area contributed by atoms with Crippen LogP contribution in [0.3, 0.4) is 0 Å². The quantitative estimate of drug-likeness (QED) is 0.480. The minimum atomic E-state index is -1.09. The highest BCUT2D eigenvalue weighted by molar-refractivity contribution is 5.23. The number of nitrogens with two attached hydrogens (primary N) is 1. The maximum absolute atomic E-state index is 11.6. The minimum absolute atomic E-state index is 0.109. The number of anilines is 1.